The minimum Gasteiger partial charge on any atom is -0.493 e. The number of carbonyl (C=O) groups is 2. The van der Waals surface area contributed by atoms with Crippen molar-refractivity contribution in [1.82, 2.24) is 9.55 Å². The van der Waals surface area contributed by atoms with Crippen molar-refractivity contribution in [2.24, 2.45) is 0 Å². The van der Waals surface area contributed by atoms with E-state index in [2.05, 4.69) is 10.3 Å². The Morgan fingerprint density at radius 1 is 1.06 bits per heavy atom. The van der Waals surface area contributed by atoms with Crippen LogP contribution in [0.2, 0.25) is 0 Å². The number of anilines is 1. The quantitative estimate of drug-likeness (QED) is 0.336. The molecule has 0 aliphatic rings. The van der Waals surface area contributed by atoms with Crippen LogP contribution >= 0.6 is 11.3 Å². The van der Waals surface area contributed by atoms with Crippen LogP contribution in [0, 0.1) is 0 Å². The highest BCUT2D eigenvalue weighted by molar-refractivity contribution is 7.17. The number of hydrogen-bond donors (Lipinski definition) is 1. The first kappa shape index (κ1) is 24.9. The third-order valence-electron chi connectivity index (χ3n) is 5.41. The average Bonchev–Trinajstić information content (AvgIpc) is 3.34. The summed E-state index contributed by atoms with van der Waals surface area (Å²) in [6.07, 6.45) is 2.10. The molecule has 0 unspecified atom stereocenters. The SMILES string of the molecule is CCCOC(=O)c1ccc(NC(=O)Cn2cnc3scc(-c4ccc(OC)c(OC)c4)c3c2=O)cc1. The molecule has 2 aromatic heterocycles. The Bertz CT molecular complexity index is 1460. The number of nitrogens with one attached hydrogen (secondary N) is 1. The number of nitrogens with zero attached hydrogens (tertiary/aromatic N) is 2. The number of ether oxygens (including phenoxy) is 3. The fraction of sp³-hybridized carbons (Fsp3) is 0.231. The maximum Gasteiger partial charge on any atom is 0.338 e. The lowest BCUT2D eigenvalue weighted by Crippen LogP contribution is -2.27. The van der Waals surface area contributed by atoms with Crippen molar-refractivity contribution >= 4 is 39.1 Å². The van der Waals surface area contributed by atoms with E-state index in [1.165, 1.54) is 22.2 Å². The molecule has 36 heavy (non-hydrogen) atoms. The van der Waals surface area contributed by atoms with Gasteiger partial charge in [-0.25, -0.2) is 9.78 Å². The lowest BCUT2D eigenvalue weighted by atomic mass is 10.1. The number of esters is 1. The molecule has 0 saturated heterocycles. The van der Waals surface area contributed by atoms with E-state index in [9.17, 15) is 14.4 Å². The zero-order chi connectivity index (χ0) is 25.7. The molecule has 1 N–H and O–H groups in total. The number of aromatic nitrogens is 2. The fourth-order valence-corrected chi connectivity index (χ4v) is 4.53. The number of rotatable bonds is 9. The van der Waals surface area contributed by atoms with Crippen LogP contribution in [-0.4, -0.2) is 42.3 Å². The van der Waals surface area contributed by atoms with Gasteiger partial charge in [-0.3, -0.25) is 14.2 Å². The molecule has 4 aromatic rings. The molecule has 0 fully saturated rings. The van der Waals surface area contributed by atoms with Crippen LogP contribution in [0.3, 0.4) is 0 Å². The van der Waals surface area contributed by atoms with E-state index in [0.29, 0.717) is 45.1 Å². The Hall–Kier alpha value is -4.18. The van der Waals surface area contributed by atoms with Crippen molar-refractivity contribution < 1.29 is 23.8 Å². The molecule has 4 rings (SSSR count). The zero-order valence-corrected chi connectivity index (χ0v) is 20.9. The fourth-order valence-electron chi connectivity index (χ4n) is 3.62. The molecule has 10 heteroatoms. The van der Waals surface area contributed by atoms with Crippen molar-refractivity contribution in [3.05, 3.63) is 70.1 Å². The Labute approximate surface area is 211 Å². The molecule has 0 aliphatic carbocycles. The molecule has 0 aliphatic heterocycles. The highest BCUT2D eigenvalue weighted by atomic mass is 32.1. The largest absolute Gasteiger partial charge is 0.493 e. The van der Waals surface area contributed by atoms with Gasteiger partial charge in [0.25, 0.3) is 5.56 Å². The number of carbonyl (C=O) groups excluding carboxylic acids is 2. The van der Waals surface area contributed by atoms with Crippen LogP contribution in [0.1, 0.15) is 23.7 Å². The van der Waals surface area contributed by atoms with Crippen molar-refractivity contribution in [3.63, 3.8) is 0 Å². The van der Waals surface area contributed by atoms with Crippen LogP contribution < -0.4 is 20.3 Å². The Kier molecular flexibility index (Phi) is 7.65. The number of benzene rings is 2. The molecule has 186 valence electrons. The van der Waals surface area contributed by atoms with Crippen LogP contribution in [-0.2, 0) is 16.1 Å². The molecule has 0 saturated carbocycles. The summed E-state index contributed by atoms with van der Waals surface area (Å²) >= 11 is 1.35. The van der Waals surface area contributed by atoms with Gasteiger partial charge in [-0.1, -0.05) is 13.0 Å². The summed E-state index contributed by atoms with van der Waals surface area (Å²) in [5.41, 5.74) is 2.05. The Balaban J connectivity index is 1.54. The zero-order valence-electron chi connectivity index (χ0n) is 20.1. The van der Waals surface area contributed by atoms with Crippen molar-refractivity contribution in [2.75, 3.05) is 26.1 Å². The highest BCUT2D eigenvalue weighted by Gasteiger charge is 2.16. The maximum atomic E-state index is 13.3. The van der Waals surface area contributed by atoms with Gasteiger partial charge in [-0.2, -0.15) is 0 Å². The summed E-state index contributed by atoms with van der Waals surface area (Å²) in [4.78, 5) is 42.8. The standard InChI is InChI=1S/C26H25N3O6S/c1-4-11-35-26(32)16-5-8-18(9-6-16)28-22(30)13-29-15-27-24-23(25(29)31)19(14-36-24)17-7-10-20(33-2)21(12-17)34-3/h5-10,12,14-15H,4,11,13H2,1-3H3,(H,28,30). The minimum atomic E-state index is -0.415. The normalized spacial score (nSPS) is 10.8. The first-order valence-corrected chi connectivity index (χ1v) is 12.1. The van der Waals surface area contributed by atoms with Crippen molar-refractivity contribution in [1.29, 1.82) is 0 Å². The Morgan fingerprint density at radius 3 is 2.50 bits per heavy atom. The van der Waals surface area contributed by atoms with E-state index in [1.807, 2.05) is 18.4 Å². The number of methoxy groups -OCH3 is 2. The number of amides is 1. The second-order valence-corrected chi connectivity index (χ2v) is 8.70. The van der Waals surface area contributed by atoms with Gasteiger partial charge in [0, 0.05) is 16.6 Å². The van der Waals surface area contributed by atoms with Gasteiger partial charge in [-0.15, -0.1) is 11.3 Å². The molecule has 0 bridgehead atoms. The third kappa shape index (κ3) is 5.23. The predicted octanol–water partition coefficient (Wildman–Crippen LogP) is 4.35. The van der Waals surface area contributed by atoms with Gasteiger partial charge in [0.05, 0.1) is 38.1 Å². The molecule has 9 nitrogen and oxygen atoms in total. The molecular formula is C26H25N3O6S. The van der Waals surface area contributed by atoms with Crippen molar-refractivity contribution in [3.8, 4) is 22.6 Å². The second kappa shape index (κ2) is 11.0. The summed E-state index contributed by atoms with van der Waals surface area (Å²) in [5.74, 6) is 0.311. The van der Waals surface area contributed by atoms with Gasteiger partial charge in [0.2, 0.25) is 5.91 Å². The number of hydrogen-bond acceptors (Lipinski definition) is 8. The molecule has 2 aromatic carbocycles. The summed E-state index contributed by atoms with van der Waals surface area (Å²) in [6, 6.07) is 11.8. The molecule has 0 radical (unpaired) electrons. The van der Waals surface area contributed by atoms with E-state index in [0.717, 1.165) is 12.0 Å². The maximum absolute atomic E-state index is 13.3. The van der Waals surface area contributed by atoms with Gasteiger partial charge in [0.15, 0.2) is 11.5 Å². The second-order valence-electron chi connectivity index (χ2n) is 7.84. The van der Waals surface area contributed by atoms with E-state index in [-0.39, 0.29) is 12.1 Å². The number of thiophene rings is 1. The van der Waals surface area contributed by atoms with Crippen LogP contribution in [0.5, 0.6) is 11.5 Å². The topological polar surface area (TPSA) is 109 Å². The minimum absolute atomic E-state index is 0.219. The monoisotopic (exact) mass is 507 g/mol. The predicted molar refractivity (Wildman–Crippen MR) is 138 cm³/mol. The number of fused-ring (bicyclic) bond motifs is 1. The first-order chi connectivity index (χ1) is 17.4. The first-order valence-electron chi connectivity index (χ1n) is 11.2. The average molecular weight is 508 g/mol. The smallest absolute Gasteiger partial charge is 0.338 e. The van der Waals surface area contributed by atoms with Gasteiger partial charge < -0.3 is 19.5 Å². The van der Waals surface area contributed by atoms with Gasteiger partial charge >= 0.3 is 5.97 Å². The van der Waals surface area contributed by atoms with E-state index in [4.69, 9.17) is 14.2 Å². The highest BCUT2D eigenvalue weighted by Crippen LogP contribution is 2.36. The Morgan fingerprint density at radius 2 is 1.81 bits per heavy atom. The summed E-state index contributed by atoms with van der Waals surface area (Å²) in [7, 11) is 3.10. The lowest BCUT2D eigenvalue weighted by molar-refractivity contribution is -0.116. The molecule has 1 amide bonds. The molecule has 0 spiro atoms. The van der Waals surface area contributed by atoms with Crippen LogP contribution in [0.25, 0.3) is 21.3 Å². The van der Waals surface area contributed by atoms with E-state index in [1.54, 1.807) is 50.6 Å². The van der Waals surface area contributed by atoms with E-state index < -0.39 is 11.9 Å². The van der Waals surface area contributed by atoms with Crippen LogP contribution in [0.4, 0.5) is 5.69 Å². The van der Waals surface area contributed by atoms with E-state index >= 15 is 0 Å². The molecular weight excluding hydrogens is 482 g/mol. The van der Waals surface area contributed by atoms with Crippen LogP contribution in [0.15, 0.2) is 59.0 Å². The third-order valence-corrected chi connectivity index (χ3v) is 6.30. The lowest BCUT2D eigenvalue weighted by Gasteiger charge is -2.10. The summed E-state index contributed by atoms with van der Waals surface area (Å²) in [6.45, 7) is 2.05. The molecule has 0 atom stereocenters. The molecule has 2 heterocycles. The summed E-state index contributed by atoms with van der Waals surface area (Å²) < 4.78 is 17.1. The van der Waals surface area contributed by atoms with Crippen molar-refractivity contribution in [2.45, 2.75) is 19.9 Å². The van der Waals surface area contributed by atoms with Gasteiger partial charge in [0.1, 0.15) is 11.4 Å². The summed E-state index contributed by atoms with van der Waals surface area (Å²) in [5, 5.41) is 5.02. The van der Waals surface area contributed by atoms with Gasteiger partial charge in [-0.05, 0) is 48.4 Å².